The molecule has 0 atom stereocenters. The zero-order valence-electron chi connectivity index (χ0n) is 12.1. The van der Waals surface area contributed by atoms with Gasteiger partial charge in [-0.1, -0.05) is 13.8 Å². The van der Waals surface area contributed by atoms with Crippen molar-refractivity contribution in [1.82, 2.24) is 9.88 Å². The summed E-state index contributed by atoms with van der Waals surface area (Å²) in [5, 5.41) is 3.41. The third-order valence-corrected chi connectivity index (χ3v) is 3.29. The second-order valence-corrected chi connectivity index (χ2v) is 4.57. The Balaban J connectivity index is 2.66. The molecule has 102 valence electrons. The van der Waals surface area contributed by atoms with E-state index >= 15 is 0 Å². The van der Waals surface area contributed by atoms with Crippen molar-refractivity contribution in [2.75, 3.05) is 31.5 Å². The molecule has 3 N–H and O–H groups in total. The third kappa shape index (κ3) is 3.96. The number of hydrogen-bond acceptors (Lipinski definition) is 4. The number of aryl methyl sites for hydroxylation is 2. The van der Waals surface area contributed by atoms with Crippen LogP contribution in [0.15, 0.2) is 6.07 Å². The van der Waals surface area contributed by atoms with E-state index in [1.165, 1.54) is 5.56 Å². The summed E-state index contributed by atoms with van der Waals surface area (Å²) in [6.07, 6.45) is 0. The number of likely N-dealkylation sites (N-methyl/N-ethyl adjacent to an activating group) is 1. The molecule has 0 spiro atoms. The van der Waals surface area contributed by atoms with Gasteiger partial charge in [0.05, 0.1) is 0 Å². The Labute approximate surface area is 111 Å². The van der Waals surface area contributed by atoms with Gasteiger partial charge in [0, 0.05) is 30.9 Å². The molecule has 4 nitrogen and oxygen atoms in total. The Morgan fingerprint density at radius 3 is 2.50 bits per heavy atom. The molecule has 0 aromatic carbocycles. The number of nitrogens with zero attached hydrogens (tertiary/aromatic N) is 2. The lowest BCUT2D eigenvalue weighted by atomic mass is 10.1. The van der Waals surface area contributed by atoms with E-state index in [0.717, 1.165) is 43.3 Å². The van der Waals surface area contributed by atoms with Gasteiger partial charge in [-0.25, -0.2) is 4.98 Å². The average molecular weight is 250 g/mol. The van der Waals surface area contributed by atoms with Gasteiger partial charge in [0.2, 0.25) is 0 Å². The van der Waals surface area contributed by atoms with Crippen molar-refractivity contribution >= 4 is 5.82 Å². The molecular formula is C14H26N4. The minimum atomic E-state index is 0.534. The summed E-state index contributed by atoms with van der Waals surface area (Å²) in [6, 6.07) is 2.08. The molecule has 0 bridgehead atoms. The first-order chi connectivity index (χ1) is 8.62. The van der Waals surface area contributed by atoms with Crippen molar-refractivity contribution < 1.29 is 0 Å². The van der Waals surface area contributed by atoms with Crippen LogP contribution in [0.2, 0.25) is 0 Å². The highest BCUT2D eigenvalue weighted by molar-refractivity contribution is 5.49. The van der Waals surface area contributed by atoms with Crippen LogP contribution in [0.5, 0.6) is 0 Å². The fourth-order valence-electron chi connectivity index (χ4n) is 2.14. The predicted octanol–water partition coefficient (Wildman–Crippen LogP) is 1.91. The van der Waals surface area contributed by atoms with E-state index < -0.39 is 0 Å². The standard InChI is InChI=1S/C14H26N4/c1-5-18(6-2)8-7-16-14-13(10-15)11(3)9-12(4)17-14/h9H,5-8,10,15H2,1-4H3,(H,16,17). The number of aromatic nitrogens is 1. The smallest absolute Gasteiger partial charge is 0.131 e. The third-order valence-electron chi connectivity index (χ3n) is 3.29. The molecule has 0 aliphatic rings. The first kappa shape index (κ1) is 14.9. The minimum absolute atomic E-state index is 0.534. The number of nitrogens with two attached hydrogens (primary N) is 1. The van der Waals surface area contributed by atoms with Crippen LogP contribution in [-0.4, -0.2) is 36.1 Å². The first-order valence-corrected chi connectivity index (χ1v) is 6.75. The Morgan fingerprint density at radius 1 is 1.28 bits per heavy atom. The predicted molar refractivity (Wildman–Crippen MR) is 77.9 cm³/mol. The molecule has 0 unspecified atom stereocenters. The van der Waals surface area contributed by atoms with E-state index in [2.05, 4.69) is 42.0 Å². The van der Waals surface area contributed by atoms with Gasteiger partial charge in [0.1, 0.15) is 5.82 Å². The lowest BCUT2D eigenvalue weighted by Gasteiger charge is -2.19. The maximum absolute atomic E-state index is 5.80. The van der Waals surface area contributed by atoms with Gasteiger partial charge in [-0.3, -0.25) is 0 Å². The molecule has 0 saturated heterocycles. The van der Waals surface area contributed by atoms with Gasteiger partial charge in [-0.2, -0.15) is 0 Å². The summed E-state index contributed by atoms with van der Waals surface area (Å²) in [7, 11) is 0. The largest absolute Gasteiger partial charge is 0.369 e. The summed E-state index contributed by atoms with van der Waals surface area (Å²) in [5.41, 5.74) is 9.18. The molecule has 0 aliphatic carbocycles. The molecule has 1 rings (SSSR count). The van der Waals surface area contributed by atoms with Crippen molar-refractivity contribution in [2.45, 2.75) is 34.2 Å². The highest BCUT2D eigenvalue weighted by atomic mass is 15.1. The molecule has 0 saturated carbocycles. The van der Waals surface area contributed by atoms with Crippen LogP contribution in [-0.2, 0) is 6.54 Å². The zero-order chi connectivity index (χ0) is 13.5. The first-order valence-electron chi connectivity index (χ1n) is 6.75. The SMILES string of the molecule is CCN(CC)CCNc1nc(C)cc(C)c1CN. The van der Waals surface area contributed by atoms with Crippen LogP contribution in [0, 0.1) is 13.8 Å². The Bertz CT molecular complexity index is 372. The number of hydrogen-bond donors (Lipinski definition) is 2. The maximum Gasteiger partial charge on any atom is 0.131 e. The van der Waals surface area contributed by atoms with Gasteiger partial charge in [-0.05, 0) is 38.6 Å². The topological polar surface area (TPSA) is 54.2 Å². The molecule has 1 aromatic heterocycles. The highest BCUT2D eigenvalue weighted by Crippen LogP contribution is 2.17. The van der Waals surface area contributed by atoms with Crippen LogP contribution >= 0.6 is 0 Å². The minimum Gasteiger partial charge on any atom is -0.369 e. The molecule has 4 heteroatoms. The summed E-state index contributed by atoms with van der Waals surface area (Å²) in [5.74, 6) is 0.946. The Morgan fingerprint density at radius 2 is 1.94 bits per heavy atom. The van der Waals surface area contributed by atoms with Gasteiger partial charge in [-0.15, -0.1) is 0 Å². The number of rotatable bonds is 7. The van der Waals surface area contributed by atoms with Crippen molar-refractivity contribution in [1.29, 1.82) is 0 Å². The summed E-state index contributed by atoms with van der Waals surface area (Å²) in [6.45, 7) is 13.1. The van der Waals surface area contributed by atoms with Crippen molar-refractivity contribution in [2.24, 2.45) is 5.73 Å². The average Bonchev–Trinajstić information content (AvgIpc) is 2.34. The van der Waals surface area contributed by atoms with E-state index in [0.29, 0.717) is 6.54 Å². The van der Waals surface area contributed by atoms with Crippen LogP contribution in [0.4, 0.5) is 5.82 Å². The second kappa shape index (κ2) is 7.34. The van der Waals surface area contributed by atoms with Crippen LogP contribution in [0.25, 0.3) is 0 Å². The Kier molecular flexibility index (Phi) is 6.09. The van der Waals surface area contributed by atoms with Crippen LogP contribution in [0.1, 0.15) is 30.7 Å². The van der Waals surface area contributed by atoms with Crippen LogP contribution in [0.3, 0.4) is 0 Å². The maximum atomic E-state index is 5.80. The van der Waals surface area contributed by atoms with E-state index in [1.807, 2.05) is 6.92 Å². The molecule has 1 aromatic rings. The summed E-state index contributed by atoms with van der Waals surface area (Å²) < 4.78 is 0. The Hall–Kier alpha value is -1.13. The molecule has 18 heavy (non-hydrogen) atoms. The van der Waals surface area contributed by atoms with Crippen LogP contribution < -0.4 is 11.1 Å². The number of anilines is 1. The normalized spacial score (nSPS) is 11.0. The molecular weight excluding hydrogens is 224 g/mol. The van der Waals surface area contributed by atoms with E-state index in [1.54, 1.807) is 0 Å². The van der Waals surface area contributed by atoms with Crippen molar-refractivity contribution in [3.05, 3.63) is 22.9 Å². The van der Waals surface area contributed by atoms with Crippen molar-refractivity contribution in [3.63, 3.8) is 0 Å². The molecule has 0 aliphatic heterocycles. The highest BCUT2D eigenvalue weighted by Gasteiger charge is 2.07. The van der Waals surface area contributed by atoms with E-state index in [-0.39, 0.29) is 0 Å². The fraction of sp³-hybridized carbons (Fsp3) is 0.643. The van der Waals surface area contributed by atoms with Gasteiger partial charge >= 0.3 is 0 Å². The zero-order valence-corrected chi connectivity index (χ0v) is 12.1. The van der Waals surface area contributed by atoms with Crippen molar-refractivity contribution in [3.8, 4) is 0 Å². The quantitative estimate of drug-likeness (QED) is 0.776. The molecule has 0 fully saturated rings. The number of pyridine rings is 1. The second-order valence-electron chi connectivity index (χ2n) is 4.57. The van der Waals surface area contributed by atoms with Gasteiger partial charge < -0.3 is 16.0 Å². The summed E-state index contributed by atoms with van der Waals surface area (Å²) in [4.78, 5) is 6.93. The van der Waals surface area contributed by atoms with E-state index in [4.69, 9.17) is 5.73 Å². The monoisotopic (exact) mass is 250 g/mol. The fourth-order valence-corrected chi connectivity index (χ4v) is 2.14. The molecule has 1 heterocycles. The number of nitrogens with one attached hydrogen (secondary N) is 1. The van der Waals surface area contributed by atoms with Gasteiger partial charge in [0.15, 0.2) is 0 Å². The molecule has 0 radical (unpaired) electrons. The lowest BCUT2D eigenvalue weighted by Crippen LogP contribution is -2.29. The van der Waals surface area contributed by atoms with E-state index in [9.17, 15) is 0 Å². The lowest BCUT2D eigenvalue weighted by molar-refractivity contribution is 0.316. The van der Waals surface area contributed by atoms with Gasteiger partial charge in [0.25, 0.3) is 0 Å². The summed E-state index contributed by atoms with van der Waals surface area (Å²) >= 11 is 0. The molecule has 0 amide bonds.